The first kappa shape index (κ1) is 26.5. The SMILES string of the molecule is CC(C)(C)[C@H]1C(O)=C(C2=NS(=O)(=O)c3c(CNS(=O)(=O)C4CC4)cccc32)C(=O)N1Cc1ccc(F)cc1. The fraction of sp³-hybridized carbons (Fsp3) is 0.385. The second kappa shape index (κ2) is 8.99. The van der Waals surface area contributed by atoms with Gasteiger partial charge < -0.3 is 10.0 Å². The number of benzene rings is 2. The summed E-state index contributed by atoms with van der Waals surface area (Å²) < 4.78 is 70.8. The molecule has 2 heterocycles. The third kappa shape index (κ3) is 4.65. The van der Waals surface area contributed by atoms with Gasteiger partial charge in [-0.15, -0.1) is 0 Å². The maximum atomic E-state index is 13.7. The summed E-state index contributed by atoms with van der Waals surface area (Å²) in [5, 5.41) is 10.9. The molecule has 9 nitrogen and oxygen atoms in total. The second-order valence-electron chi connectivity index (χ2n) is 10.9. The van der Waals surface area contributed by atoms with Gasteiger partial charge in [-0.2, -0.15) is 12.8 Å². The molecule has 2 aliphatic heterocycles. The molecule has 0 saturated heterocycles. The fourth-order valence-corrected chi connectivity index (χ4v) is 7.77. The molecule has 1 amide bonds. The van der Waals surface area contributed by atoms with Gasteiger partial charge in [0, 0.05) is 18.7 Å². The Labute approximate surface area is 221 Å². The summed E-state index contributed by atoms with van der Waals surface area (Å²) in [6.45, 7) is 5.34. The van der Waals surface area contributed by atoms with Crippen LogP contribution in [0.5, 0.6) is 0 Å². The van der Waals surface area contributed by atoms with E-state index in [1.807, 2.05) is 20.8 Å². The Balaban J connectivity index is 1.54. The third-order valence-corrected chi connectivity index (χ3v) is 10.2. The Hall–Kier alpha value is -3.09. The van der Waals surface area contributed by atoms with E-state index in [1.165, 1.54) is 29.2 Å². The van der Waals surface area contributed by atoms with Crippen molar-refractivity contribution in [3.8, 4) is 0 Å². The standard InChI is InChI=1S/C26H28FN3O6S2/c1-26(2,3)24-22(31)20(25(32)30(24)14-15-7-9-17(27)10-8-15)21-19-6-4-5-16(23(19)38(35,36)29-21)13-28-37(33,34)18-11-12-18/h4-10,18,24,28,31H,11-14H2,1-3H3/t24-/m1/s1. The van der Waals surface area contributed by atoms with Crippen LogP contribution in [-0.2, 0) is 37.9 Å². The van der Waals surface area contributed by atoms with Gasteiger partial charge in [0.15, 0.2) is 0 Å². The fourth-order valence-electron chi connectivity index (χ4n) is 4.99. The van der Waals surface area contributed by atoms with Crippen molar-refractivity contribution in [1.29, 1.82) is 0 Å². The number of hydrogen-bond donors (Lipinski definition) is 2. The van der Waals surface area contributed by atoms with Crippen LogP contribution < -0.4 is 4.72 Å². The molecule has 2 aromatic carbocycles. The van der Waals surface area contributed by atoms with Crippen molar-refractivity contribution in [3.63, 3.8) is 0 Å². The minimum absolute atomic E-state index is 0.0600. The largest absolute Gasteiger partial charge is 0.509 e. The normalized spacial score (nSPS) is 21.2. The summed E-state index contributed by atoms with van der Waals surface area (Å²) in [5.74, 6) is -1.33. The molecule has 5 rings (SSSR count). The molecule has 0 bridgehead atoms. The molecule has 1 aliphatic carbocycles. The second-order valence-corrected chi connectivity index (χ2v) is 14.4. The number of amides is 1. The zero-order chi connectivity index (χ0) is 27.6. The quantitative estimate of drug-likeness (QED) is 0.534. The number of nitrogens with zero attached hydrogens (tertiary/aromatic N) is 2. The first-order valence-electron chi connectivity index (χ1n) is 12.2. The van der Waals surface area contributed by atoms with Crippen molar-refractivity contribution in [1.82, 2.24) is 9.62 Å². The van der Waals surface area contributed by atoms with Crippen molar-refractivity contribution in [2.24, 2.45) is 9.81 Å². The smallest absolute Gasteiger partial charge is 0.283 e. The van der Waals surface area contributed by atoms with Crippen LogP contribution in [-0.4, -0.2) is 49.8 Å². The number of carbonyl (C=O) groups excluding carboxylic acids is 1. The van der Waals surface area contributed by atoms with Crippen LogP contribution in [0.3, 0.4) is 0 Å². The molecule has 1 atom stereocenters. The monoisotopic (exact) mass is 561 g/mol. The van der Waals surface area contributed by atoms with Crippen LogP contribution in [0, 0.1) is 11.2 Å². The van der Waals surface area contributed by atoms with Gasteiger partial charge in [-0.05, 0) is 41.5 Å². The highest BCUT2D eigenvalue weighted by molar-refractivity contribution is 7.91. The number of carbonyl (C=O) groups is 1. The van der Waals surface area contributed by atoms with Crippen LogP contribution >= 0.6 is 0 Å². The van der Waals surface area contributed by atoms with Crippen LogP contribution in [0.2, 0.25) is 0 Å². The molecule has 1 fully saturated rings. The van der Waals surface area contributed by atoms with E-state index in [1.54, 1.807) is 18.2 Å². The van der Waals surface area contributed by atoms with E-state index in [4.69, 9.17) is 0 Å². The van der Waals surface area contributed by atoms with Gasteiger partial charge in [-0.3, -0.25) is 4.79 Å². The maximum absolute atomic E-state index is 13.7. The lowest BCUT2D eigenvalue weighted by atomic mass is 9.84. The van der Waals surface area contributed by atoms with E-state index in [2.05, 4.69) is 9.12 Å². The molecule has 0 radical (unpaired) electrons. The molecule has 2 N–H and O–H groups in total. The van der Waals surface area contributed by atoms with Crippen molar-refractivity contribution >= 4 is 31.7 Å². The van der Waals surface area contributed by atoms with Crippen LogP contribution in [0.25, 0.3) is 0 Å². The highest BCUT2D eigenvalue weighted by Gasteiger charge is 2.49. The number of hydrogen-bond acceptors (Lipinski definition) is 6. The van der Waals surface area contributed by atoms with Crippen LogP contribution in [0.1, 0.15) is 50.3 Å². The Morgan fingerprint density at radius 2 is 1.79 bits per heavy atom. The van der Waals surface area contributed by atoms with E-state index in [-0.39, 0.29) is 46.2 Å². The van der Waals surface area contributed by atoms with Gasteiger partial charge in [-0.1, -0.05) is 51.1 Å². The van der Waals surface area contributed by atoms with E-state index >= 15 is 0 Å². The summed E-state index contributed by atoms with van der Waals surface area (Å²) in [7, 11) is -7.85. The van der Waals surface area contributed by atoms with Gasteiger partial charge in [0.05, 0.1) is 11.3 Å². The molecule has 1 saturated carbocycles. The number of aliphatic hydroxyl groups excluding tert-OH is 1. The van der Waals surface area contributed by atoms with Crippen LogP contribution in [0.4, 0.5) is 4.39 Å². The van der Waals surface area contributed by atoms with Gasteiger partial charge in [0.25, 0.3) is 15.9 Å². The summed E-state index contributed by atoms with van der Waals surface area (Å²) >= 11 is 0. The number of sulfonamides is 2. The van der Waals surface area contributed by atoms with Crippen molar-refractivity contribution < 1.29 is 31.1 Å². The average Bonchev–Trinajstić information content (AvgIpc) is 3.61. The molecule has 12 heteroatoms. The van der Waals surface area contributed by atoms with Gasteiger partial charge >= 0.3 is 0 Å². The van der Waals surface area contributed by atoms with Gasteiger partial charge in [0.1, 0.15) is 27.8 Å². The molecule has 2 aromatic rings. The first-order chi connectivity index (χ1) is 17.7. The molecule has 0 aromatic heterocycles. The lowest BCUT2D eigenvalue weighted by Crippen LogP contribution is -2.43. The zero-order valence-electron chi connectivity index (χ0n) is 21.1. The van der Waals surface area contributed by atoms with E-state index < -0.39 is 48.5 Å². The molecule has 202 valence electrons. The molecule has 0 spiro atoms. The van der Waals surface area contributed by atoms with E-state index in [0.717, 1.165) is 0 Å². The summed E-state index contributed by atoms with van der Waals surface area (Å²) in [4.78, 5) is 15.0. The summed E-state index contributed by atoms with van der Waals surface area (Å²) in [5.41, 5.74) is -0.0680. The Morgan fingerprint density at radius 1 is 1.13 bits per heavy atom. The zero-order valence-corrected chi connectivity index (χ0v) is 22.7. The average molecular weight is 562 g/mol. The summed E-state index contributed by atoms with van der Waals surface area (Å²) in [6, 6.07) is 9.38. The first-order valence-corrected chi connectivity index (χ1v) is 15.1. The summed E-state index contributed by atoms with van der Waals surface area (Å²) in [6.07, 6.45) is 1.12. The predicted octanol–water partition coefficient (Wildman–Crippen LogP) is 3.17. The van der Waals surface area contributed by atoms with Gasteiger partial charge in [0.2, 0.25) is 10.0 Å². The predicted molar refractivity (Wildman–Crippen MR) is 139 cm³/mol. The lowest BCUT2D eigenvalue weighted by Gasteiger charge is -2.35. The maximum Gasteiger partial charge on any atom is 0.283 e. The lowest BCUT2D eigenvalue weighted by molar-refractivity contribution is -0.129. The molecule has 3 aliphatic rings. The van der Waals surface area contributed by atoms with Crippen LogP contribution in [0.15, 0.2) is 63.1 Å². The van der Waals surface area contributed by atoms with E-state index in [0.29, 0.717) is 18.4 Å². The topological polar surface area (TPSA) is 133 Å². The minimum Gasteiger partial charge on any atom is -0.509 e. The highest BCUT2D eigenvalue weighted by Crippen LogP contribution is 2.41. The Morgan fingerprint density at radius 3 is 2.39 bits per heavy atom. The molecule has 38 heavy (non-hydrogen) atoms. The van der Waals surface area contributed by atoms with Gasteiger partial charge in [-0.25, -0.2) is 17.5 Å². The number of fused-ring (bicyclic) bond motifs is 1. The Bertz CT molecular complexity index is 1600. The number of halogens is 1. The minimum atomic E-state index is -4.28. The number of rotatable bonds is 7. The number of aliphatic hydroxyl groups is 1. The van der Waals surface area contributed by atoms with E-state index in [9.17, 15) is 31.1 Å². The van der Waals surface area contributed by atoms with Crippen molar-refractivity contribution in [2.75, 3.05) is 0 Å². The third-order valence-electron chi connectivity index (χ3n) is 6.87. The Kier molecular flexibility index (Phi) is 6.27. The molecule has 0 unspecified atom stereocenters. The number of nitrogens with one attached hydrogen (secondary N) is 1. The van der Waals surface area contributed by atoms with Crippen molar-refractivity contribution in [2.45, 2.75) is 62.9 Å². The molecular weight excluding hydrogens is 533 g/mol. The highest BCUT2D eigenvalue weighted by atomic mass is 32.2. The molecular formula is C26H28FN3O6S2. The van der Waals surface area contributed by atoms with Crippen molar-refractivity contribution in [3.05, 3.63) is 76.3 Å².